The highest BCUT2D eigenvalue weighted by Crippen LogP contribution is 1.94. The zero-order chi connectivity index (χ0) is 12.2. The maximum atomic E-state index is 5.69. The van der Waals surface area contributed by atoms with Crippen molar-refractivity contribution < 1.29 is 4.74 Å². The number of rotatable bonds is 9. The summed E-state index contributed by atoms with van der Waals surface area (Å²) in [5.74, 6) is 0.568. The Balaban J connectivity index is 3.30. The van der Waals surface area contributed by atoms with E-state index in [0.29, 0.717) is 12.1 Å². The van der Waals surface area contributed by atoms with Crippen molar-refractivity contribution in [3.05, 3.63) is 0 Å². The van der Waals surface area contributed by atoms with Crippen molar-refractivity contribution in [1.82, 2.24) is 5.32 Å². The third-order valence-electron chi connectivity index (χ3n) is 2.12. The van der Waals surface area contributed by atoms with Crippen LogP contribution < -0.4 is 11.1 Å². The summed E-state index contributed by atoms with van der Waals surface area (Å²) in [7, 11) is 0. The molecule has 0 aromatic rings. The van der Waals surface area contributed by atoms with Crippen LogP contribution in [0.15, 0.2) is 4.99 Å². The predicted octanol–water partition coefficient (Wildman–Crippen LogP) is 1.90. The Morgan fingerprint density at radius 2 is 2.06 bits per heavy atom. The van der Waals surface area contributed by atoms with Gasteiger partial charge in [-0.05, 0) is 33.1 Å². The summed E-state index contributed by atoms with van der Waals surface area (Å²) in [4.78, 5) is 4.24. The molecule has 0 aliphatic carbocycles. The van der Waals surface area contributed by atoms with Gasteiger partial charge in [0.2, 0.25) is 0 Å². The Morgan fingerprint density at radius 3 is 2.69 bits per heavy atom. The molecule has 0 heterocycles. The number of aliphatic imine (C=N–C) groups is 1. The lowest BCUT2D eigenvalue weighted by Gasteiger charge is -2.06. The fraction of sp³-hybridized carbons (Fsp3) is 0.917. The van der Waals surface area contributed by atoms with Crippen LogP contribution in [0.3, 0.4) is 0 Å². The zero-order valence-electron chi connectivity index (χ0n) is 11.0. The first-order valence-electron chi connectivity index (χ1n) is 6.32. The molecular weight excluding hydrogens is 202 g/mol. The summed E-state index contributed by atoms with van der Waals surface area (Å²) in [5, 5.41) is 3.09. The minimum Gasteiger partial charge on any atom is -0.379 e. The fourth-order valence-electron chi connectivity index (χ4n) is 1.18. The number of hydrogen-bond donors (Lipinski definition) is 2. The Kier molecular flexibility index (Phi) is 10.2. The van der Waals surface area contributed by atoms with E-state index in [1.54, 1.807) is 0 Å². The molecular formula is C12H27N3O. The molecule has 0 amide bonds. The van der Waals surface area contributed by atoms with E-state index in [-0.39, 0.29) is 0 Å². The minimum absolute atomic E-state index is 0.323. The van der Waals surface area contributed by atoms with E-state index in [2.05, 4.69) is 17.2 Å². The first kappa shape index (κ1) is 15.2. The van der Waals surface area contributed by atoms with Crippen molar-refractivity contribution in [3.63, 3.8) is 0 Å². The number of unbranched alkanes of at least 4 members (excludes halogenated alkanes) is 2. The SMILES string of the molecule is CCCCNC(N)=NCCCCOC(C)C. The summed E-state index contributed by atoms with van der Waals surface area (Å²) in [6.45, 7) is 8.77. The predicted molar refractivity (Wildman–Crippen MR) is 69.7 cm³/mol. The highest BCUT2D eigenvalue weighted by Gasteiger charge is 1.93. The van der Waals surface area contributed by atoms with Crippen LogP contribution in [0.5, 0.6) is 0 Å². The van der Waals surface area contributed by atoms with Crippen LogP contribution in [0.25, 0.3) is 0 Å². The molecule has 0 rings (SSSR count). The van der Waals surface area contributed by atoms with Crippen molar-refractivity contribution in [1.29, 1.82) is 0 Å². The van der Waals surface area contributed by atoms with E-state index >= 15 is 0 Å². The Morgan fingerprint density at radius 1 is 1.31 bits per heavy atom. The van der Waals surface area contributed by atoms with Gasteiger partial charge in [-0.3, -0.25) is 4.99 Å². The molecule has 4 nitrogen and oxygen atoms in total. The van der Waals surface area contributed by atoms with Gasteiger partial charge < -0.3 is 15.8 Å². The zero-order valence-corrected chi connectivity index (χ0v) is 11.0. The third kappa shape index (κ3) is 11.3. The highest BCUT2D eigenvalue weighted by atomic mass is 16.5. The number of nitrogens with one attached hydrogen (secondary N) is 1. The van der Waals surface area contributed by atoms with Gasteiger partial charge in [-0.1, -0.05) is 13.3 Å². The van der Waals surface area contributed by atoms with Gasteiger partial charge in [0.1, 0.15) is 0 Å². The molecule has 0 saturated carbocycles. The van der Waals surface area contributed by atoms with Crippen molar-refractivity contribution in [3.8, 4) is 0 Å². The molecule has 0 unspecified atom stereocenters. The summed E-state index contributed by atoms with van der Waals surface area (Å²) >= 11 is 0. The fourth-order valence-corrected chi connectivity index (χ4v) is 1.18. The molecule has 0 aromatic carbocycles. The van der Waals surface area contributed by atoms with Crippen molar-refractivity contribution >= 4 is 5.96 Å². The van der Waals surface area contributed by atoms with Crippen LogP contribution in [0.1, 0.15) is 46.5 Å². The van der Waals surface area contributed by atoms with Crippen molar-refractivity contribution in [2.75, 3.05) is 19.7 Å². The molecule has 0 atom stereocenters. The monoisotopic (exact) mass is 229 g/mol. The molecule has 0 aromatic heterocycles. The lowest BCUT2D eigenvalue weighted by Crippen LogP contribution is -2.32. The lowest BCUT2D eigenvalue weighted by atomic mass is 10.3. The smallest absolute Gasteiger partial charge is 0.188 e. The molecule has 0 saturated heterocycles. The Labute approximate surface area is 99.7 Å². The van der Waals surface area contributed by atoms with Gasteiger partial charge in [0.25, 0.3) is 0 Å². The first-order valence-corrected chi connectivity index (χ1v) is 6.32. The molecule has 0 fully saturated rings. The summed E-state index contributed by atoms with van der Waals surface area (Å²) in [5.41, 5.74) is 5.69. The van der Waals surface area contributed by atoms with Gasteiger partial charge >= 0.3 is 0 Å². The number of ether oxygens (including phenoxy) is 1. The lowest BCUT2D eigenvalue weighted by molar-refractivity contribution is 0.0764. The molecule has 4 heteroatoms. The molecule has 0 bridgehead atoms. The number of nitrogens with zero attached hydrogens (tertiary/aromatic N) is 1. The minimum atomic E-state index is 0.323. The average molecular weight is 229 g/mol. The second kappa shape index (κ2) is 10.7. The van der Waals surface area contributed by atoms with Gasteiger partial charge in [0, 0.05) is 19.7 Å². The Hall–Kier alpha value is -0.770. The quantitative estimate of drug-likeness (QED) is 0.360. The molecule has 96 valence electrons. The van der Waals surface area contributed by atoms with E-state index < -0.39 is 0 Å². The Bertz CT molecular complexity index is 181. The van der Waals surface area contributed by atoms with E-state index in [9.17, 15) is 0 Å². The largest absolute Gasteiger partial charge is 0.379 e. The summed E-state index contributed by atoms with van der Waals surface area (Å²) in [6, 6.07) is 0. The molecule has 0 aliphatic heterocycles. The van der Waals surface area contributed by atoms with Gasteiger partial charge in [-0.15, -0.1) is 0 Å². The molecule has 0 aliphatic rings. The van der Waals surface area contributed by atoms with E-state index in [4.69, 9.17) is 10.5 Å². The van der Waals surface area contributed by atoms with E-state index in [1.165, 1.54) is 6.42 Å². The summed E-state index contributed by atoms with van der Waals surface area (Å²) in [6.07, 6.45) is 4.71. The normalized spacial score (nSPS) is 12.1. The van der Waals surface area contributed by atoms with Gasteiger partial charge in [0.05, 0.1) is 6.10 Å². The first-order chi connectivity index (χ1) is 7.66. The van der Waals surface area contributed by atoms with E-state index in [0.717, 1.165) is 39.0 Å². The van der Waals surface area contributed by atoms with Gasteiger partial charge in [-0.2, -0.15) is 0 Å². The third-order valence-corrected chi connectivity index (χ3v) is 2.12. The second-order valence-electron chi connectivity index (χ2n) is 4.17. The van der Waals surface area contributed by atoms with Crippen LogP contribution in [-0.4, -0.2) is 31.8 Å². The number of nitrogens with two attached hydrogens (primary N) is 1. The van der Waals surface area contributed by atoms with Crippen molar-refractivity contribution in [2.24, 2.45) is 10.7 Å². The average Bonchev–Trinajstić information content (AvgIpc) is 2.23. The van der Waals surface area contributed by atoms with Crippen molar-refractivity contribution in [2.45, 2.75) is 52.6 Å². The standard InChI is InChI=1S/C12H27N3O/c1-4-5-8-14-12(13)15-9-6-7-10-16-11(2)3/h11H,4-10H2,1-3H3,(H3,13,14,15). The van der Waals surface area contributed by atoms with E-state index in [1.807, 2.05) is 13.8 Å². The van der Waals surface area contributed by atoms with Crippen LogP contribution in [0.2, 0.25) is 0 Å². The molecule has 3 N–H and O–H groups in total. The second-order valence-corrected chi connectivity index (χ2v) is 4.17. The number of guanidine groups is 1. The molecule has 0 radical (unpaired) electrons. The van der Waals surface area contributed by atoms with Crippen LogP contribution in [0, 0.1) is 0 Å². The van der Waals surface area contributed by atoms with Crippen LogP contribution in [-0.2, 0) is 4.74 Å². The topological polar surface area (TPSA) is 59.6 Å². The molecule has 0 spiro atoms. The summed E-state index contributed by atoms with van der Waals surface area (Å²) < 4.78 is 5.43. The molecule has 16 heavy (non-hydrogen) atoms. The highest BCUT2D eigenvalue weighted by molar-refractivity contribution is 5.77. The van der Waals surface area contributed by atoms with Crippen LogP contribution >= 0.6 is 0 Å². The maximum absolute atomic E-state index is 5.69. The number of hydrogen-bond acceptors (Lipinski definition) is 2. The van der Waals surface area contributed by atoms with Gasteiger partial charge in [0.15, 0.2) is 5.96 Å². The maximum Gasteiger partial charge on any atom is 0.188 e. The van der Waals surface area contributed by atoms with Crippen LogP contribution in [0.4, 0.5) is 0 Å². The van der Waals surface area contributed by atoms with Gasteiger partial charge in [-0.25, -0.2) is 0 Å².